The molecule has 0 radical (unpaired) electrons. The van der Waals surface area contributed by atoms with Crippen molar-refractivity contribution in [1.29, 1.82) is 0 Å². The number of carbonyl (C=O) groups is 1. The molecule has 9 heteroatoms. The van der Waals surface area contributed by atoms with Gasteiger partial charge in [0.15, 0.2) is 0 Å². The van der Waals surface area contributed by atoms with Crippen molar-refractivity contribution in [1.82, 2.24) is 29.7 Å². The minimum Gasteiger partial charge on any atom is -0.338 e. The number of rotatable bonds is 5. The predicted molar refractivity (Wildman–Crippen MR) is 122 cm³/mol. The maximum Gasteiger partial charge on any atom is 0.253 e. The number of benzene rings is 1. The monoisotopic (exact) mass is 448 g/mol. The molecular weight excluding hydrogens is 424 g/mol. The van der Waals surface area contributed by atoms with Crippen LogP contribution in [0.4, 0.5) is 0 Å². The Balaban J connectivity index is 1.17. The molecule has 0 bridgehead atoms. The van der Waals surface area contributed by atoms with Gasteiger partial charge in [-0.1, -0.05) is 11.2 Å². The SMILES string of the molecule is Cc1cc(C)n(-c2ccc(C(=O)N3CCN(Cc4nc(-c5cccs5)no4)CC3)cc2)n1. The lowest BCUT2D eigenvalue weighted by Gasteiger charge is -2.34. The molecule has 4 aromatic rings. The van der Waals surface area contributed by atoms with Crippen molar-refractivity contribution >= 4 is 17.2 Å². The number of amides is 1. The van der Waals surface area contributed by atoms with Gasteiger partial charge in [0.2, 0.25) is 11.7 Å². The second-order valence-corrected chi connectivity index (χ2v) is 8.89. The largest absolute Gasteiger partial charge is 0.338 e. The minimum atomic E-state index is 0.0577. The summed E-state index contributed by atoms with van der Waals surface area (Å²) in [6.45, 7) is 7.47. The molecule has 8 nitrogen and oxygen atoms in total. The van der Waals surface area contributed by atoms with Crippen LogP contribution in [0.1, 0.15) is 27.6 Å². The van der Waals surface area contributed by atoms with Crippen molar-refractivity contribution in [3.05, 3.63) is 70.7 Å². The van der Waals surface area contributed by atoms with E-state index in [1.165, 1.54) is 0 Å². The molecule has 164 valence electrons. The van der Waals surface area contributed by atoms with Gasteiger partial charge < -0.3 is 9.42 Å². The second kappa shape index (κ2) is 8.68. The summed E-state index contributed by atoms with van der Waals surface area (Å²) in [6.07, 6.45) is 0. The molecule has 0 spiro atoms. The van der Waals surface area contributed by atoms with E-state index in [1.54, 1.807) is 11.3 Å². The zero-order chi connectivity index (χ0) is 22.1. The van der Waals surface area contributed by atoms with Crippen LogP contribution in [0.15, 0.2) is 52.4 Å². The highest BCUT2D eigenvalue weighted by Gasteiger charge is 2.23. The summed E-state index contributed by atoms with van der Waals surface area (Å²) in [7, 11) is 0. The maximum atomic E-state index is 13.0. The highest BCUT2D eigenvalue weighted by atomic mass is 32.1. The van der Waals surface area contributed by atoms with Gasteiger partial charge in [-0.05, 0) is 55.6 Å². The third kappa shape index (κ3) is 4.21. The van der Waals surface area contributed by atoms with Crippen LogP contribution in [0.5, 0.6) is 0 Å². The Labute approximate surface area is 190 Å². The van der Waals surface area contributed by atoms with Crippen LogP contribution in [-0.2, 0) is 6.54 Å². The zero-order valence-corrected chi connectivity index (χ0v) is 18.9. The highest BCUT2D eigenvalue weighted by Crippen LogP contribution is 2.22. The Morgan fingerprint density at radius 1 is 1.09 bits per heavy atom. The lowest BCUT2D eigenvalue weighted by molar-refractivity contribution is 0.0615. The Morgan fingerprint density at radius 2 is 1.88 bits per heavy atom. The molecule has 3 aromatic heterocycles. The third-order valence-electron chi connectivity index (χ3n) is 5.60. The summed E-state index contributed by atoms with van der Waals surface area (Å²) in [5.74, 6) is 1.29. The molecule has 1 fully saturated rings. The fraction of sp³-hybridized carbons (Fsp3) is 0.304. The normalized spacial score (nSPS) is 14.8. The highest BCUT2D eigenvalue weighted by molar-refractivity contribution is 7.13. The molecule has 1 aliphatic rings. The number of aromatic nitrogens is 4. The van der Waals surface area contributed by atoms with Crippen LogP contribution in [-0.4, -0.2) is 61.8 Å². The molecule has 5 rings (SSSR count). The van der Waals surface area contributed by atoms with E-state index in [-0.39, 0.29) is 5.91 Å². The van der Waals surface area contributed by atoms with Gasteiger partial charge in [0.1, 0.15) is 0 Å². The summed E-state index contributed by atoms with van der Waals surface area (Å²) in [5, 5.41) is 10.6. The molecule has 32 heavy (non-hydrogen) atoms. The first kappa shape index (κ1) is 20.6. The van der Waals surface area contributed by atoms with Crippen LogP contribution in [0, 0.1) is 13.8 Å². The maximum absolute atomic E-state index is 13.0. The molecule has 0 atom stereocenters. The summed E-state index contributed by atoms with van der Waals surface area (Å²) < 4.78 is 7.30. The van der Waals surface area contributed by atoms with E-state index < -0.39 is 0 Å². The molecule has 0 unspecified atom stereocenters. The zero-order valence-electron chi connectivity index (χ0n) is 18.1. The summed E-state index contributed by atoms with van der Waals surface area (Å²) >= 11 is 1.59. The number of hydrogen-bond acceptors (Lipinski definition) is 7. The van der Waals surface area contributed by atoms with Crippen LogP contribution in [0.2, 0.25) is 0 Å². The first-order valence-electron chi connectivity index (χ1n) is 10.6. The summed E-state index contributed by atoms with van der Waals surface area (Å²) in [6, 6.07) is 13.6. The van der Waals surface area contributed by atoms with Gasteiger partial charge in [-0.25, -0.2) is 4.68 Å². The van der Waals surface area contributed by atoms with E-state index >= 15 is 0 Å². The first-order valence-corrected chi connectivity index (χ1v) is 11.5. The smallest absolute Gasteiger partial charge is 0.253 e. The molecule has 0 aliphatic carbocycles. The van der Waals surface area contributed by atoms with Crippen LogP contribution >= 0.6 is 11.3 Å². The van der Waals surface area contributed by atoms with Crippen LogP contribution < -0.4 is 0 Å². The fourth-order valence-electron chi connectivity index (χ4n) is 3.94. The van der Waals surface area contributed by atoms with Crippen molar-refractivity contribution < 1.29 is 9.32 Å². The molecule has 1 saturated heterocycles. The summed E-state index contributed by atoms with van der Waals surface area (Å²) in [4.78, 5) is 22.6. The van der Waals surface area contributed by atoms with Crippen molar-refractivity contribution in [3.8, 4) is 16.4 Å². The number of nitrogens with zero attached hydrogens (tertiary/aromatic N) is 6. The van der Waals surface area contributed by atoms with Gasteiger partial charge in [-0.3, -0.25) is 9.69 Å². The van der Waals surface area contributed by atoms with Gasteiger partial charge in [0.25, 0.3) is 5.91 Å². The minimum absolute atomic E-state index is 0.0577. The average Bonchev–Trinajstić information content (AvgIpc) is 3.55. The van der Waals surface area contributed by atoms with E-state index in [1.807, 2.05) is 71.3 Å². The number of hydrogen-bond donors (Lipinski definition) is 0. The topological polar surface area (TPSA) is 80.3 Å². The van der Waals surface area contributed by atoms with Gasteiger partial charge in [0.05, 0.1) is 22.8 Å². The van der Waals surface area contributed by atoms with Crippen molar-refractivity contribution in [2.75, 3.05) is 26.2 Å². The van der Waals surface area contributed by atoms with E-state index in [4.69, 9.17) is 4.52 Å². The lowest BCUT2D eigenvalue weighted by Crippen LogP contribution is -2.48. The molecule has 0 saturated carbocycles. The molecule has 4 heterocycles. The summed E-state index contributed by atoms with van der Waals surface area (Å²) in [5.41, 5.74) is 3.70. The van der Waals surface area contributed by atoms with Crippen molar-refractivity contribution in [2.45, 2.75) is 20.4 Å². The predicted octanol–water partition coefficient (Wildman–Crippen LogP) is 3.56. The Hall–Kier alpha value is -3.30. The third-order valence-corrected chi connectivity index (χ3v) is 6.46. The quantitative estimate of drug-likeness (QED) is 0.464. The molecule has 1 amide bonds. The van der Waals surface area contributed by atoms with Gasteiger partial charge in [-0.15, -0.1) is 11.3 Å². The van der Waals surface area contributed by atoms with Crippen LogP contribution in [0.3, 0.4) is 0 Å². The standard InChI is InChI=1S/C23H24N6O2S/c1-16-14-17(2)29(25-16)19-7-5-18(6-8-19)23(30)28-11-9-27(10-12-28)15-21-24-22(26-31-21)20-4-3-13-32-20/h3-8,13-14H,9-12,15H2,1-2H3. The van der Waals surface area contributed by atoms with Crippen molar-refractivity contribution in [2.24, 2.45) is 0 Å². The number of aryl methyl sites for hydroxylation is 2. The van der Waals surface area contributed by atoms with E-state index in [0.717, 1.165) is 35.0 Å². The molecule has 0 N–H and O–H groups in total. The van der Waals surface area contributed by atoms with E-state index in [9.17, 15) is 4.79 Å². The first-order chi connectivity index (χ1) is 15.6. The van der Waals surface area contributed by atoms with Crippen molar-refractivity contribution in [3.63, 3.8) is 0 Å². The fourth-order valence-corrected chi connectivity index (χ4v) is 4.59. The average molecular weight is 449 g/mol. The molecular formula is C23H24N6O2S. The van der Waals surface area contributed by atoms with E-state index in [0.29, 0.717) is 36.9 Å². The number of thiophene rings is 1. The van der Waals surface area contributed by atoms with Gasteiger partial charge in [-0.2, -0.15) is 10.1 Å². The number of piperazine rings is 1. The Morgan fingerprint density at radius 3 is 2.53 bits per heavy atom. The van der Waals surface area contributed by atoms with E-state index in [2.05, 4.69) is 20.1 Å². The Kier molecular flexibility index (Phi) is 5.59. The number of carbonyl (C=O) groups excluding carboxylic acids is 1. The second-order valence-electron chi connectivity index (χ2n) is 7.94. The molecule has 1 aromatic carbocycles. The van der Waals surface area contributed by atoms with Crippen LogP contribution in [0.25, 0.3) is 16.4 Å². The molecule has 1 aliphatic heterocycles. The lowest BCUT2D eigenvalue weighted by atomic mass is 10.1. The van der Waals surface area contributed by atoms with Gasteiger partial charge >= 0.3 is 0 Å². The van der Waals surface area contributed by atoms with Gasteiger partial charge in [0, 0.05) is 37.4 Å². The Bertz CT molecular complexity index is 1200.